The molecular formula is C15H22N2O4S. The molecule has 0 aromatic carbocycles. The Morgan fingerprint density at radius 1 is 1.23 bits per heavy atom. The van der Waals surface area contributed by atoms with Gasteiger partial charge in [0, 0.05) is 18.2 Å². The SMILES string of the molecule is O=C(NCC1(C(=O)O)CC1)C1CSCN1C(=O)C1CCCC1. The van der Waals surface area contributed by atoms with Gasteiger partial charge in [-0.25, -0.2) is 0 Å². The van der Waals surface area contributed by atoms with E-state index in [2.05, 4.69) is 5.32 Å². The molecule has 1 aliphatic heterocycles. The van der Waals surface area contributed by atoms with Gasteiger partial charge in [-0.2, -0.15) is 0 Å². The van der Waals surface area contributed by atoms with Crippen molar-refractivity contribution in [2.45, 2.75) is 44.6 Å². The summed E-state index contributed by atoms with van der Waals surface area (Å²) < 4.78 is 0. The van der Waals surface area contributed by atoms with Crippen LogP contribution in [0, 0.1) is 11.3 Å². The Hall–Kier alpha value is -1.24. The summed E-state index contributed by atoms with van der Waals surface area (Å²) in [4.78, 5) is 37.7. The fourth-order valence-corrected chi connectivity index (χ4v) is 4.44. The van der Waals surface area contributed by atoms with Crippen LogP contribution in [0.1, 0.15) is 38.5 Å². The van der Waals surface area contributed by atoms with E-state index in [4.69, 9.17) is 5.11 Å². The molecule has 3 aliphatic rings. The summed E-state index contributed by atoms with van der Waals surface area (Å²) in [5.41, 5.74) is -0.762. The van der Waals surface area contributed by atoms with Crippen LogP contribution < -0.4 is 5.32 Å². The van der Waals surface area contributed by atoms with E-state index in [0.717, 1.165) is 25.7 Å². The van der Waals surface area contributed by atoms with Gasteiger partial charge in [0.25, 0.3) is 0 Å². The summed E-state index contributed by atoms with van der Waals surface area (Å²) in [5, 5.41) is 11.9. The van der Waals surface area contributed by atoms with E-state index >= 15 is 0 Å². The number of carboxylic acids is 1. The van der Waals surface area contributed by atoms with Crippen LogP contribution in [0.2, 0.25) is 0 Å². The molecule has 0 spiro atoms. The third kappa shape index (κ3) is 2.95. The van der Waals surface area contributed by atoms with Gasteiger partial charge < -0.3 is 15.3 Å². The third-order valence-corrected chi connectivity index (χ3v) is 6.09. The predicted octanol–water partition coefficient (Wildman–Crippen LogP) is 1.06. The number of hydrogen-bond donors (Lipinski definition) is 2. The molecule has 1 saturated heterocycles. The van der Waals surface area contributed by atoms with E-state index in [9.17, 15) is 14.4 Å². The molecule has 122 valence electrons. The number of carbonyl (C=O) groups excluding carboxylic acids is 2. The van der Waals surface area contributed by atoms with E-state index in [1.165, 1.54) is 0 Å². The van der Waals surface area contributed by atoms with Crippen LogP contribution in [0.4, 0.5) is 0 Å². The lowest BCUT2D eigenvalue weighted by Crippen LogP contribution is -2.50. The molecule has 3 fully saturated rings. The van der Waals surface area contributed by atoms with E-state index in [1.807, 2.05) is 0 Å². The summed E-state index contributed by atoms with van der Waals surface area (Å²) in [6.45, 7) is 0.174. The molecule has 1 atom stereocenters. The minimum absolute atomic E-state index is 0.0720. The Morgan fingerprint density at radius 3 is 2.50 bits per heavy atom. The summed E-state index contributed by atoms with van der Waals surface area (Å²) in [6.07, 6.45) is 5.27. The lowest BCUT2D eigenvalue weighted by molar-refractivity contribution is -0.144. The second-order valence-corrected chi connectivity index (χ2v) is 7.61. The zero-order chi connectivity index (χ0) is 15.7. The molecule has 22 heavy (non-hydrogen) atoms. The van der Waals surface area contributed by atoms with Gasteiger partial charge in [0.2, 0.25) is 11.8 Å². The Labute approximate surface area is 134 Å². The molecule has 0 aromatic rings. The number of carboxylic acid groups (broad SMARTS) is 1. The number of thioether (sulfide) groups is 1. The van der Waals surface area contributed by atoms with Crippen molar-refractivity contribution in [1.82, 2.24) is 10.2 Å². The van der Waals surface area contributed by atoms with Crippen molar-refractivity contribution in [2.75, 3.05) is 18.2 Å². The monoisotopic (exact) mass is 326 g/mol. The minimum Gasteiger partial charge on any atom is -0.481 e. The molecule has 3 rings (SSSR count). The second-order valence-electron chi connectivity index (χ2n) is 6.61. The zero-order valence-corrected chi connectivity index (χ0v) is 13.4. The lowest BCUT2D eigenvalue weighted by Gasteiger charge is -2.26. The van der Waals surface area contributed by atoms with E-state index in [0.29, 0.717) is 24.5 Å². The average Bonchev–Trinajstić information content (AvgIpc) is 2.95. The maximum Gasteiger partial charge on any atom is 0.311 e. The molecule has 2 amide bonds. The van der Waals surface area contributed by atoms with Crippen molar-refractivity contribution in [1.29, 1.82) is 0 Å². The van der Waals surface area contributed by atoms with Crippen LogP contribution in [-0.4, -0.2) is 52.0 Å². The van der Waals surface area contributed by atoms with Crippen molar-refractivity contribution < 1.29 is 19.5 Å². The molecular weight excluding hydrogens is 304 g/mol. The molecule has 2 aliphatic carbocycles. The molecule has 0 aromatic heterocycles. The Bertz CT molecular complexity index is 486. The van der Waals surface area contributed by atoms with Crippen molar-refractivity contribution in [3.63, 3.8) is 0 Å². The third-order valence-electron chi connectivity index (χ3n) is 5.08. The lowest BCUT2D eigenvalue weighted by atomic mass is 10.1. The first-order valence-electron chi connectivity index (χ1n) is 7.93. The van der Waals surface area contributed by atoms with Crippen LogP contribution in [0.3, 0.4) is 0 Å². The Kier molecular flexibility index (Phi) is 4.34. The maximum absolute atomic E-state index is 12.5. The quantitative estimate of drug-likeness (QED) is 0.789. The van der Waals surface area contributed by atoms with Gasteiger partial charge in [-0.3, -0.25) is 14.4 Å². The highest BCUT2D eigenvalue weighted by Gasteiger charge is 2.50. The Morgan fingerprint density at radius 2 is 1.91 bits per heavy atom. The normalized spacial score (nSPS) is 26.9. The summed E-state index contributed by atoms with van der Waals surface area (Å²) >= 11 is 1.59. The molecule has 0 bridgehead atoms. The van der Waals surface area contributed by atoms with Crippen molar-refractivity contribution in [3.8, 4) is 0 Å². The van der Waals surface area contributed by atoms with Gasteiger partial charge in [0.15, 0.2) is 0 Å². The van der Waals surface area contributed by atoms with Crippen molar-refractivity contribution >= 4 is 29.5 Å². The number of rotatable bonds is 5. The highest BCUT2D eigenvalue weighted by Crippen LogP contribution is 2.45. The standard InChI is InChI=1S/C15H22N2O4S/c18-12(16-8-15(5-6-15)14(20)21)11-7-22-9-17(11)13(19)10-3-1-2-4-10/h10-11H,1-9H2,(H,16,18)(H,20,21). The van der Waals surface area contributed by atoms with Crippen LogP contribution >= 0.6 is 11.8 Å². The number of aliphatic carboxylic acids is 1. The largest absolute Gasteiger partial charge is 0.481 e. The molecule has 0 radical (unpaired) electrons. The predicted molar refractivity (Wildman–Crippen MR) is 82.2 cm³/mol. The number of nitrogens with zero attached hydrogens (tertiary/aromatic N) is 1. The van der Waals surface area contributed by atoms with Crippen LogP contribution in [0.5, 0.6) is 0 Å². The fraction of sp³-hybridized carbons (Fsp3) is 0.800. The molecule has 6 nitrogen and oxygen atoms in total. The first kappa shape index (κ1) is 15.6. The van der Waals surface area contributed by atoms with Gasteiger partial charge in [-0.1, -0.05) is 12.8 Å². The highest BCUT2D eigenvalue weighted by molar-refractivity contribution is 7.99. The second kappa shape index (κ2) is 6.10. The van der Waals surface area contributed by atoms with Crippen LogP contribution in [0.15, 0.2) is 0 Å². The van der Waals surface area contributed by atoms with Gasteiger partial charge in [0.05, 0.1) is 11.3 Å². The molecule has 1 heterocycles. The first-order chi connectivity index (χ1) is 10.5. The highest BCUT2D eigenvalue weighted by atomic mass is 32.2. The molecule has 2 saturated carbocycles. The number of nitrogens with one attached hydrogen (secondary N) is 1. The summed E-state index contributed by atoms with van der Waals surface area (Å²) in [6, 6.07) is -0.442. The van der Waals surface area contributed by atoms with E-state index in [-0.39, 0.29) is 24.3 Å². The molecule has 2 N–H and O–H groups in total. The van der Waals surface area contributed by atoms with Crippen molar-refractivity contribution in [3.05, 3.63) is 0 Å². The molecule has 1 unspecified atom stereocenters. The number of amides is 2. The Balaban J connectivity index is 1.56. The average molecular weight is 326 g/mol. The number of hydrogen-bond acceptors (Lipinski definition) is 4. The van der Waals surface area contributed by atoms with Gasteiger partial charge in [-0.15, -0.1) is 11.8 Å². The maximum atomic E-state index is 12.5. The summed E-state index contributed by atoms with van der Waals surface area (Å²) in [7, 11) is 0. The number of carbonyl (C=O) groups is 3. The van der Waals surface area contributed by atoms with Crippen molar-refractivity contribution in [2.24, 2.45) is 11.3 Å². The smallest absolute Gasteiger partial charge is 0.311 e. The fourth-order valence-electron chi connectivity index (χ4n) is 3.28. The minimum atomic E-state index is -0.840. The van der Waals surface area contributed by atoms with E-state index in [1.54, 1.807) is 16.7 Å². The summed E-state index contributed by atoms with van der Waals surface area (Å²) in [5.74, 6) is 0.295. The first-order valence-corrected chi connectivity index (χ1v) is 9.08. The van der Waals surface area contributed by atoms with E-state index < -0.39 is 17.4 Å². The zero-order valence-electron chi connectivity index (χ0n) is 12.5. The van der Waals surface area contributed by atoms with Gasteiger partial charge in [0.1, 0.15) is 6.04 Å². The topological polar surface area (TPSA) is 86.7 Å². The van der Waals surface area contributed by atoms with Crippen LogP contribution in [0.25, 0.3) is 0 Å². The van der Waals surface area contributed by atoms with Gasteiger partial charge >= 0.3 is 5.97 Å². The van der Waals surface area contributed by atoms with Crippen LogP contribution in [-0.2, 0) is 14.4 Å². The van der Waals surface area contributed by atoms with Gasteiger partial charge in [-0.05, 0) is 25.7 Å². The molecule has 7 heteroatoms.